The first-order valence-corrected chi connectivity index (χ1v) is 9.49. The highest BCUT2D eigenvalue weighted by Crippen LogP contribution is 2.26. The molecule has 7 nitrogen and oxygen atoms in total. The minimum absolute atomic E-state index is 0.0475. The topological polar surface area (TPSA) is 77.6 Å². The van der Waals surface area contributed by atoms with Gasteiger partial charge in [-0.05, 0) is 38.3 Å². The maximum absolute atomic E-state index is 13.0. The Bertz CT molecular complexity index is 1050. The molecule has 4 rings (SSSR count). The van der Waals surface area contributed by atoms with Gasteiger partial charge in [-0.25, -0.2) is 4.52 Å². The summed E-state index contributed by atoms with van der Waals surface area (Å²) in [5, 5.41) is 3.91. The number of nitrogens with zero attached hydrogens (tertiary/aromatic N) is 3. The Morgan fingerprint density at radius 1 is 1.41 bits per heavy atom. The molecule has 0 spiro atoms. The molecule has 142 valence electrons. The number of benzene rings is 1. The second kappa shape index (κ2) is 7.15. The summed E-state index contributed by atoms with van der Waals surface area (Å²) in [6.45, 7) is 5.15. The van der Waals surface area contributed by atoms with Crippen LogP contribution in [0, 0.1) is 6.92 Å². The van der Waals surface area contributed by atoms with E-state index >= 15 is 0 Å². The number of para-hydroxylation sites is 1. The molecule has 1 N–H and O–H groups in total. The van der Waals surface area contributed by atoms with Gasteiger partial charge in [-0.15, -0.1) is 0 Å². The van der Waals surface area contributed by atoms with Crippen LogP contribution in [0.2, 0.25) is 0 Å². The van der Waals surface area contributed by atoms with E-state index in [1.807, 2.05) is 47.3 Å². The Balaban J connectivity index is 1.79. The van der Waals surface area contributed by atoms with Crippen molar-refractivity contribution < 1.29 is 9.53 Å². The van der Waals surface area contributed by atoms with E-state index < -0.39 is 6.04 Å². The van der Waals surface area contributed by atoms with Gasteiger partial charge in [0.25, 0.3) is 5.56 Å². The van der Waals surface area contributed by atoms with Crippen LogP contribution < -0.4 is 10.9 Å². The Morgan fingerprint density at radius 3 is 2.96 bits per heavy atom. The van der Waals surface area contributed by atoms with E-state index in [0.717, 1.165) is 36.0 Å². The molecule has 1 amide bonds. The fourth-order valence-electron chi connectivity index (χ4n) is 3.92. The van der Waals surface area contributed by atoms with E-state index in [9.17, 15) is 9.59 Å². The number of nitrogens with one attached hydrogen (secondary N) is 1. The minimum atomic E-state index is -0.406. The number of hydrogen-bond donors (Lipinski definition) is 1. The third-order valence-corrected chi connectivity index (χ3v) is 5.20. The second-order valence-electron chi connectivity index (χ2n) is 7.04. The predicted molar refractivity (Wildman–Crippen MR) is 103 cm³/mol. The van der Waals surface area contributed by atoms with Crippen molar-refractivity contribution in [3.8, 4) is 0 Å². The summed E-state index contributed by atoms with van der Waals surface area (Å²) < 4.78 is 9.45. The van der Waals surface area contributed by atoms with Crippen molar-refractivity contribution in [2.75, 3.05) is 13.2 Å². The number of carbonyl (C=O) groups excluding carboxylic acids is 1. The first-order valence-electron chi connectivity index (χ1n) is 9.49. The molecule has 3 aromatic rings. The number of carbonyl (C=O) groups is 1. The Morgan fingerprint density at radius 2 is 2.22 bits per heavy atom. The van der Waals surface area contributed by atoms with E-state index in [-0.39, 0.29) is 17.6 Å². The summed E-state index contributed by atoms with van der Waals surface area (Å²) in [4.78, 5) is 29.2. The number of hydrogen-bond acceptors (Lipinski definition) is 4. The Hall–Kier alpha value is -2.67. The van der Waals surface area contributed by atoms with Crippen LogP contribution in [-0.2, 0) is 9.53 Å². The quantitative estimate of drug-likeness (QED) is 0.749. The third-order valence-electron chi connectivity index (χ3n) is 5.20. The smallest absolute Gasteiger partial charge is 0.273 e. The molecule has 1 fully saturated rings. The molecular weight excluding hydrogens is 344 g/mol. The van der Waals surface area contributed by atoms with Crippen molar-refractivity contribution in [1.29, 1.82) is 0 Å². The lowest BCUT2D eigenvalue weighted by Crippen LogP contribution is -2.38. The third kappa shape index (κ3) is 3.12. The van der Waals surface area contributed by atoms with Crippen LogP contribution >= 0.6 is 0 Å². The molecule has 1 aromatic carbocycles. The largest absolute Gasteiger partial charge is 0.376 e. The molecule has 27 heavy (non-hydrogen) atoms. The molecule has 7 heteroatoms. The van der Waals surface area contributed by atoms with Crippen molar-refractivity contribution in [2.45, 2.75) is 45.3 Å². The van der Waals surface area contributed by atoms with Crippen molar-refractivity contribution in [1.82, 2.24) is 19.5 Å². The van der Waals surface area contributed by atoms with Gasteiger partial charge in [0.1, 0.15) is 6.04 Å². The van der Waals surface area contributed by atoms with E-state index in [0.29, 0.717) is 18.6 Å². The number of fused-ring (bicyclic) bond motifs is 3. The number of aromatic nitrogens is 3. The summed E-state index contributed by atoms with van der Waals surface area (Å²) >= 11 is 0. The summed E-state index contributed by atoms with van der Waals surface area (Å²) in [7, 11) is 0. The molecule has 0 aliphatic carbocycles. The minimum Gasteiger partial charge on any atom is -0.376 e. The van der Waals surface area contributed by atoms with Crippen LogP contribution in [0.4, 0.5) is 0 Å². The normalized spacial score (nSPS) is 18.2. The lowest BCUT2D eigenvalue weighted by molar-refractivity contribution is -0.125. The molecule has 0 bridgehead atoms. The van der Waals surface area contributed by atoms with Crippen LogP contribution in [0.5, 0.6) is 0 Å². The highest BCUT2D eigenvalue weighted by Gasteiger charge is 2.26. The van der Waals surface area contributed by atoms with Gasteiger partial charge in [-0.2, -0.15) is 4.98 Å². The molecule has 2 unspecified atom stereocenters. The Kier molecular flexibility index (Phi) is 4.70. The molecule has 2 atom stereocenters. The van der Waals surface area contributed by atoms with Crippen LogP contribution in [0.1, 0.15) is 37.9 Å². The first kappa shape index (κ1) is 17.7. The van der Waals surface area contributed by atoms with Gasteiger partial charge >= 0.3 is 0 Å². The van der Waals surface area contributed by atoms with Crippen molar-refractivity contribution >= 4 is 22.5 Å². The molecule has 2 aromatic heterocycles. The molecule has 1 saturated heterocycles. The fourth-order valence-corrected chi connectivity index (χ4v) is 3.92. The lowest BCUT2D eigenvalue weighted by atomic mass is 10.2. The van der Waals surface area contributed by atoms with E-state index in [1.54, 1.807) is 0 Å². The number of aryl methyl sites for hydroxylation is 1. The second-order valence-corrected chi connectivity index (χ2v) is 7.04. The molecule has 0 saturated carbocycles. The van der Waals surface area contributed by atoms with Gasteiger partial charge in [-0.1, -0.05) is 19.1 Å². The van der Waals surface area contributed by atoms with Crippen LogP contribution in [-0.4, -0.2) is 39.3 Å². The molecule has 1 aliphatic heterocycles. The average molecular weight is 368 g/mol. The van der Waals surface area contributed by atoms with E-state index in [4.69, 9.17) is 4.74 Å². The number of amides is 1. The molecule has 0 radical (unpaired) electrons. The monoisotopic (exact) mass is 368 g/mol. The van der Waals surface area contributed by atoms with Crippen molar-refractivity contribution in [3.63, 3.8) is 0 Å². The zero-order valence-corrected chi connectivity index (χ0v) is 15.6. The Labute approximate surface area is 156 Å². The van der Waals surface area contributed by atoms with Gasteiger partial charge in [-0.3, -0.25) is 14.3 Å². The van der Waals surface area contributed by atoms with Crippen molar-refractivity contribution in [2.24, 2.45) is 0 Å². The summed E-state index contributed by atoms with van der Waals surface area (Å²) in [6.07, 6.45) is 2.75. The number of rotatable bonds is 5. The standard InChI is InChI=1S/C20H24N4O3/c1-3-16(20(26)21-12-14-7-6-10-27-14)24-17-9-5-4-8-15(17)19-22-18(25)11-13(2)23(19)24/h4-5,8-9,11,14,16H,3,6-7,10,12H2,1-2H3,(H,21,26). The summed E-state index contributed by atoms with van der Waals surface area (Å²) in [6, 6.07) is 8.84. The van der Waals surface area contributed by atoms with Crippen LogP contribution in [0.25, 0.3) is 16.6 Å². The summed E-state index contributed by atoms with van der Waals surface area (Å²) in [5.74, 6) is -0.0475. The molecule has 1 aliphatic rings. The van der Waals surface area contributed by atoms with E-state index in [1.165, 1.54) is 6.07 Å². The van der Waals surface area contributed by atoms with Crippen LogP contribution in [0.3, 0.4) is 0 Å². The number of ether oxygens (including phenoxy) is 1. The predicted octanol–water partition coefficient (Wildman–Crippen LogP) is 2.20. The zero-order chi connectivity index (χ0) is 19.0. The lowest BCUT2D eigenvalue weighted by Gasteiger charge is -2.21. The fraction of sp³-hybridized carbons (Fsp3) is 0.450. The average Bonchev–Trinajstić information content (AvgIpc) is 3.28. The first-order chi connectivity index (χ1) is 13.1. The van der Waals surface area contributed by atoms with Gasteiger partial charge in [0.05, 0.1) is 11.6 Å². The van der Waals surface area contributed by atoms with Gasteiger partial charge in [0.15, 0.2) is 5.65 Å². The highest BCUT2D eigenvalue weighted by atomic mass is 16.5. The van der Waals surface area contributed by atoms with Crippen molar-refractivity contribution in [3.05, 3.63) is 46.4 Å². The maximum atomic E-state index is 13.0. The molecular formula is C20H24N4O3. The summed E-state index contributed by atoms with van der Waals surface area (Å²) in [5.41, 5.74) is 1.96. The zero-order valence-electron chi connectivity index (χ0n) is 15.6. The van der Waals surface area contributed by atoms with E-state index in [2.05, 4.69) is 10.3 Å². The maximum Gasteiger partial charge on any atom is 0.273 e. The van der Waals surface area contributed by atoms with Gasteiger partial charge in [0, 0.05) is 30.3 Å². The van der Waals surface area contributed by atoms with Gasteiger partial charge < -0.3 is 10.1 Å². The SMILES string of the molecule is CCC(C(=O)NCC1CCCO1)n1c2ccccc2c2nc(=O)cc(C)n21. The van der Waals surface area contributed by atoms with Crippen LogP contribution in [0.15, 0.2) is 35.1 Å². The van der Waals surface area contributed by atoms with Gasteiger partial charge in [0.2, 0.25) is 5.91 Å². The molecule has 3 heterocycles. The highest BCUT2D eigenvalue weighted by molar-refractivity contribution is 5.94.